The normalized spacial score (nSPS) is 17.6. The van der Waals surface area contributed by atoms with Crippen LogP contribution in [0.1, 0.15) is 42.5 Å². The number of rotatable bonds is 7. The molecule has 0 amide bonds. The number of aldehydes is 1. The Balaban J connectivity index is 1.53. The SMILES string of the molecule is Cc1cc(CC=O)cc(CN2CCN(c3nc4ccc(C)cc4s3)[C@H](CC(C)C)C2)c1. The predicted molar refractivity (Wildman–Crippen MR) is 131 cm³/mol. The number of anilines is 1. The Labute approximate surface area is 189 Å². The molecule has 0 saturated carbocycles. The van der Waals surface area contributed by atoms with Gasteiger partial charge in [0.1, 0.15) is 6.29 Å². The second kappa shape index (κ2) is 9.49. The Morgan fingerprint density at radius 3 is 2.68 bits per heavy atom. The molecule has 2 aromatic carbocycles. The lowest BCUT2D eigenvalue weighted by atomic mass is 9.99. The van der Waals surface area contributed by atoms with Crippen molar-refractivity contribution in [1.29, 1.82) is 0 Å². The van der Waals surface area contributed by atoms with Crippen LogP contribution < -0.4 is 4.90 Å². The molecule has 1 fully saturated rings. The Kier molecular flexibility index (Phi) is 6.73. The van der Waals surface area contributed by atoms with Crippen molar-refractivity contribution in [3.63, 3.8) is 0 Å². The van der Waals surface area contributed by atoms with E-state index in [9.17, 15) is 4.79 Å². The second-order valence-corrected chi connectivity index (χ2v) is 10.4. The molecule has 1 aromatic heterocycles. The fraction of sp³-hybridized carbons (Fsp3) is 0.462. The van der Waals surface area contributed by atoms with Crippen molar-refractivity contribution in [3.8, 4) is 0 Å². The van der Waals surface area contributed by atoms with Gasteiger partial charge in [-0.05, 0) is 55.0 Å². The van der Waals surface area contributed by atoms with Crippen LogP contribution in [0.2, 0.25) is 0 Å². The average molecular weight is 436 g/mol. The molecule has 1 saturated heterocycles. The fourth-order valence-corrected chi connectivity index (χ4v) is 5.88. The molecule has 5 heteroatoms. The third-order valence-electron chi connectivity index (χ3n) is 6.01. The lowest BCUT2D eigenvalue weighted by Crippen LogP contribution is -2.53. The standard InChI is InChI=1S/C26H33N3OS/c1-18(2)11-23-17-28(16-22-13-20(4)12-21(15-22)7-10-30)8-9-29(23)26-27-24-6-5-19(3)14-25(24)31-26/h5-6,10,12-15,18,23H,7-9,11,16-17H2,1-4H3/t23-/m1/s1. The van der Waals surface area contributed by atoms with Crippen molar-refractivity contribution in [1.82, 2.24) is 9.88 Å². The fourth-order valence-electron chi connectivity index (χ4n) is 4.72. The third-order valence-corrected chi connectivity index (χ3v) is 7.07. The Bertz CT molecular complexity index is 1060. The maximum Gasteiger partial charge on any atom is 0.186 e. The van der Waals surface area contributed by atoms with Crippen molar-refractivity contribution in [2.24, 2.45) is 5.92 Å². The number of thiazole rings is 1. The minimum absolute atomic E-state index is 0.467. The monoisotopic (exact) mass is 435 g/mol. The van der Waals surface area contributed by atoms with Gasteiger partial charge in [0.2, 0.25) is 0 Å². The zero-order valence-electron chi connectivity index (χ0n) is 19.1. The summed E-state index contributed by atoms with van der Waals surface area (Å²) in [5, 5.41) is 1.16. The van der Waals surface area contributed by atoms with Crippen LogP contribution in [0.4, 0.5) is 5.13 Å². The first kappa shape index (κ1) is 22.0. The summed E-state index contributed by atoms with van der Waals surface area (Å²) < 4.78 is 1.28. The van der Waals surface area contributed by atoms with Crippen LogP contribution in [0.25, 0.3) is 10.2 Å². The number of hydrogen-bond acceptors (Lipinski definition) is 5. The highest BCUT2D eigenvalue weighted by molar-refractivity contribution is 7.22. The topological polar surface area (TPSA) is 36.4 Å². The van der Waals surface area contributed by atoms with Gasteiger partial charge in [-0.1, -0.05) is 55.0 Å². The van der Waals surface area contributed by atoms with Crippen LogP contribution in [0.15, 0.2) is 36.4 Å². The predicted octanol–water partition coefficient (Wildman–Crippen LogP) is 5.39. The molecule has 0 radical (unpaired) electrons. The number of piperazine rings is 1. The second-order valence-electron chi connectivity index (χ2n) is 9.38. The van der Waals surface area contributed by atoms with Crippen LogP contribution in [0.5, 0.6) is 0 Å². The largest absolute Gasteiger partial charge is 0.342 e. The highest BCUT2D eigenvalue weighted by atomic mass is 32.1. The minimum atomic E-state index is 0.467. The van der Waals surface area contributed by atoms with Gasteiger partial charge in [0.25, 0.3) is 0 Å². The summed E-state index contributed by atoms with van der Waals surface area (Å²) in [6.45, 7) is 12.9. The molecular formula is C26H33N3OS. The van der Waals surface area contributed by atoms with Gasteiger partial charge in [-0.3, -0.25) is 4.90 Å². The number of aryl methyl sites for hydroxylation is 2. The third kappa shape index (κ3) is 5.34. The number of carbonyl (C=O) groups is 1. The Morgan fingerprint density at radius 1 is 1.10 bits per heavy atom. The lowest BCUT2D eigenvalue weighted by molar-refractivity contribution is -0.107. The van der Waals surface area contributed by atoms with E-state index in [1.165, 1.54) is 21.4 Å². The van der Waals surface area contributed by atoms with Gasteiger partial charge in [0, 0.05) is 38.6 Å². The quantitative estimate of drug-likeness (QED) is 0.466. The Morgan fingerprint density at radius 2 is 1.90 bits per heavy atom. The van der Waals surface area contributed by atoms with E-state index in [4.69, 9.17) is 4.98 Å². The number of carbonyl (C=O) groups excluding carboxylic acids is 1. The molecule has 1 aliphatic rings. The maximum atomic E-state index is 11.0. The number of aromatic nitrogens is 1. The molecule has 31 heavy (non-hydrogen) atoms. The highest BCUT2D eigenvalue weighted by Gasteiger charge is 2.29. The minimum Gasteiger partial charge on any atom is -0.342 e. The van der Waals surface area contributed by atoms with Crippen LogP contribution >= 0.6 is 11.3 Å². The first-order chi connectivity index (χ1) is 14.9. The van der Waals surface area contributed by atoms with Crippen molar-refractivity contribution in [2.75, 3.05) is 24.5 Å². The Hall–Kier alpha value is -2.24. The van der Waals surface area contributed by atoms with Gasteiger partial charge in [-0.25, -0.2) is 4.98 Å². The molecule has 1 atom stereocenters. The van der Waals surface area contributed by atoms with E-state index in [1.807, 2.05) is 11.3 Å². The molecule has 3 aromatic rings. The highest BCUT2D eigenvalue weighted by Crippen LogP contribution is 2.33. The first-order valence-electron chi connectivity index (χ1n) is 11.3. The molecule has 4 nitrogen and oxygen atoms in total. The summed E-state index contributed by atoms with van der Waals surface area (Å²) in [6.07, 6.45) is 2.65. The van der Waals surface area contributed by atoms with Gasteiger partial charge >= 0.3 is 0 Å². The molecule has 0 N–H and O–H groups in total. The van der Waals surface area contributed by atoms with E-state index in [0.717, 1.165) is 55.1 Å². The van der Waals surface area contributed by atoms with E-state index < -0.39 is 0 Å². The molecule has 0 spiro atoms. The van der Waals surface area contributed by atoms with Crippen molar-refractivity contribution in [2.45, 2.75) is 53.1 Å². The lowest BCUT2D eigenvalue weighted by Gasteiger charge is -2.42. The summed E-state index contributed by atoms with van der Waals surface area (Å²) >= 11 is 1.83. The molecule has 0 bridgehead atoms. The van der Waals surface area contributed by atoms with Crippen LogP contribution in [0.3, 0.4) is 0 Å². The van der Waals surface area contributed by atoms with E-state index >= 15 is 0 Å². The van der Waals surface area contributed by atoms with Gasteiger partial charge in [0.15, 0.2) is 5.13 Å². The summed E-state index contributed by atoms with van der Waals surface area (Å²) in [7, 11) is 0. The summed E-state index contributed by atoms with van der Waals surface area (Å²) in [5.41, 5.74) is 6.06. The molecule has 1 aliphatic heterocycles. The molecule has 164 valence electrons. The van der Waals surface area contributed by atoms with E-state index in [1.54, 1.807) is 0 Å². The molecule has 0 unspecified atom stereocenters. The average Bonchev–Trinajstić information content (AvgIpc) is 3.10. The zero-order chi connectivity index (χ0) is 22.0. The smallest absolute Gasteiger partial charge is 0.186 e. The van der Waals surface area contributed by atoms with Crippen LogP contribution in [-0.4, -0.2) is 41.8 Å². The van der Waals surface area contributed by atoms with Gasteiger partial charge in [-0.15, -0.1) is 0 Å². The number of benzene rings is 2. The maximum absolute atomic E-state index is 11.0. The summed E-state index contributed by atoms with van der Waals surface area (Å²) in [5.74, 6) is 0.641. The van der Waals surface area contributed by atoms with Gasteiger partial charge in [-0.2, -0.15) is 0 Å². The van der Waals surface area contributed by atoms with Crippen molar-refractivity contribution < 1.29 is 4.79 Å². The first-order valence-corrected chi connectivity index (χ1v) is 12.1. The number of hydrogen-bond donors (Lipinski definition) is 0. The number of nitrogens with zero attached hydrogens (tertiary/aromatic N) is 3. The summed E-state index contributed by atoms with van der Waals surface area (Å²) in [6, 6.07) is 13.6. The van der Waals surface area contributed by atoms with Crippen LogP contribution in [0, 0.1) is 19.8 Å². The van der Waals surface area contributed by atoms with E-state index in [-0.39, 0.29) is 0 Å². The molecular weight excluding hydrogens is 402 g/mol. The van der Waals surface area contributed by atoms with Crippen molar-refractivity contribution in [3.05, 3.63) is 58.7 Å². The molecule has 0 aliphatic carbocycles. The summed E-state index contributed by atoms with van der Waals surface area (Å²) in [4.78, 5) is 21.1. The van der Waals surface area contributed by atoms with E-state index in [2.05, 4.69) is 73.9 Å². The van der Waals surface area contributed by atoms with Crippen LogP contribution in [-0.2, 0) is 17.8 Å². The molecule has 4 rings (SSSR count). The van der Waals surface area contributed by atoms with E-state index in [0.29, 0.717) is 18.4 Å². The zero-order valence-corrected chi connectivity index (χ0v) is 19.9. The van der Waals surface area contributed by atoms with Crippen molar-refractivity contribution >= 4 is 33.0 Å². The molecule has 2 heterocycles. The van der Waals surface area contributed by atoms with Gasteiger partial charge in [0.05, 0.1) is 10.2 Å². The van der Waals surface area contributed by atoms with Gasteiger partial charge < -0.3 is 9.69 Å². The number of fused-ring (bicyclic) bond motifs is 1.